The van der Waals surface area contributed by atoms with Gasteiger partial charge in [-0.05, 0) is 109 Å². The highest BCUT2D eigenvalue weighted by Crippen LogP contribution is 2.12. The van der Waals surface area contributed by atoms with E-state index in [2.05, 4.69) is 167 Å². The van der Waals surface area contributed by atoms with Gasteiger partial charge in [0.25, 0.3) is 0 Å². The van der Waals surface area contributed by atoms with Crippen LogP contribution < -0.4 is 0 Å². The van der Waals surface area contributed by atoms with Gasteiger partial charge in [0, 0.05) is 6.42 Å². The fourth-order valence-electron chi connectivity index (χ4n) is 6.40. The summed E-state index contributed by atoms with van der Waals surface area (Å²) in [6.45, 7) is 6.09. The maximum Gasteiger partial charge on any atom is 0.310 e. The number of ether oxygens (including phenoxy) is 3. The van der Waals surface area contributed by atoms with Crippen molar-refractivity contribution in [1.29, 1.82) is 0 Å². The van der Waals surface area contributed by atoms with Gasteiger partial charge in [-0.3, -0.25) is 14.4 Å². The summed E-state index contributed by atoms with van der Waals surface area (Å²) in [7, 11) is 0. The summed E-state index contributed by atoms with van der Waals surface area (Å²) < 4.78 is 16.6. The summed E-state index contributed by atoms with van der Waals surface area (Å²) in [6.07, 6.45) is 82.5. The van der Waals surface area contributed by atoms with Gasteiger partial charge < -0.3 is 14.2 Å². The molecule has 0 aliphatic rings. The molecule has 0 aliphatic heterocycles. The molecule has 0 bridgehead atoms. The molecule has 0 saturated heterocycles. The van der Waals surface area contributed by atoms with Crippen LogP contribution in [0.1, 0.15) is 188 Å². The van der Waals surface area contributed by atoms with Crippen LogP contribution in [0.15, 0.2) is 170 Å². The van der Waals surface area contributed by atoms with Crippen LogP contribution in [-0.4, -0.2) is 37.2 Å². The van der Waals surface area contributed by atoms with E-state index in [1.165, 1.54) is 32.1 Å². The maximum atomic E-state index is 12.8. The van der Waals surface area contributed by atoms with E-state index < -0.39 is 18.0 Å². The van der Waals surface area contributed by atoms with Gasteiger partial charge in [-0.1, -0.05) is 229 Å². The molecule has 0 saturated carbocycles. The predicted molar refractivity (Wildman–Crippen MR) is 297 cm³/mol. The molecule has 0 aromatic carbocycles. The average Bonchev–Trinajstić information content (AvgIpc) is 3.35. The van der Waals surface area contributed by atoms with Crippen LogP contribution in [0.4, 0.5) is 0 Å². The van der Waals surface area contributed by atoms with E-state index in [9.17, 15) is 14.4 Å². The number of carbonyl (C=O) groups is 3. The summed E-state index contributed by atoms with van der Waals surface area (Å²) in [5, 5.41) is 0. The number of rotatable bonds is 45. The molecular weight excluding hydrogens is 853 g/mol. The lowest BCUT2D eigenvalue weighted by atomic mass is 10.1. The fourth-order valence-corrected chi connectivity index (χ4v) is 6.40. The van der Waals surface area contributed by atoms with Gasteiger partial charge >= 0.3 is 17.9 Å². The van der Waals surface area contributed by atoms with Gasteiger partial charge in [-0.15, -0.1) is 0 Å². The van der Waals surface area contributed by atoms with Crippen molar-refractivity contribution in [3.05, 3.63) is 170 Å². The first-order valence-corrected chi connectivity index (χ1v) is 26.6. The highest BCUT2D eigenvalue weighted by atomic mass is 16.6. The predicted octanol–water partition coefficient (Wildman–Crippen LogP) is 18.0. The number of esters is 3. The standard InChI is InChI=1S/C63H94O6/c1-4-7-10-13-16-19-22-25-28-29-30-31-32-33-36-38-41-44-47-50-53-56-62(65)68-59-60(69-63(66)57-54-51-48-45-42-39-35-27-24-21-18-15-12-9-6-3)58-67-61(64)55-52-49-46-43-40-37-34-26-23-20-17-14-11-8-5-2/h7-12,16-21,25-28,30-31,34-35,40,42-43,45,49,51-52,54,60H,4-6,13-15,22-24,29,32-33,36-39,41,44,46-48,50,53,55-59H2,1-3H3/b10-7-,11-8-,12-9-,19-16-,20-17-,21-18-,28-25-,31-30-,34-26-,35-27-,43-40-,45-42-,52-49-,54-51-. The second-order valence-electron chi connectivity index (χ2n) is 16.7. The number of hydrogen-bond donors (Lipinski definition) is 0. The summed E-state index contributed by atoms with van der Waals surface area (Å²) >= 11 is 0. The lowest BCUT2D eigenvalue weighted by Gasteiger charge is -2.17. The molecule has 1 unspecified atom stereocenters. The third-order valence-electron chi connectivity index (χ3n) is 10.3. The van der Waals surface area contributed by atoms with E-state index in [4.69, 9.17) is 14.2 Å². The summed E-state index contributed by atoms with van der Waals surface area (Å²) in [6, 6.07) is 0. The first kappa shape index (κ1) is 63.8. The van der Waals surface area contributed by atoms with Crippen molar-refractivity contribution >= 4 is 17.9 Å². The molecule has 69 heavy (non-hydrogen) atoms. The van der Waals surface area contributed by atoms with Crippen LogP contribution >= 0.6 is 0 Å². The monoisotopic (exact) mass is 947 g/mol. The smallest absolute Gasteiger partial charge is 0.310 e. The number of hydrogen-bond acceptors (Lipinski definition) is 6. The average molecular weight is 947 g/mol. The maximum absolute atomic E-state index is 12.8. The molecule has 0 N–H and O–H groups in total. The molecule has 382 valence electrons. The Hall–Kier alpha value is -5.23. The Morgan fingerprint density at radius 3 is 0.942 bits per heavy atom. The van der Waals surface area contributed by atoms with Crippen molar-refractivity contribution in [2.24, 2.45) is 0 Å². The van der Waals surface area contributed by atoms with Gasteiger partial charge in [0.1, 0.15) is 13.2 Å². The molecule has 6 heteroatoms. The lowest BCUT2D eigenvalue weighted by Crippen LogP contribution is -2.30. The Morgan fingerprint density at radius 1 is 0.304 bits per heavy atom. The molecule has 0 spiro atoms. The molecule has 1 atom stereocenters. The zero-order valence-electron chi connectivity index (χ0n) is 43.5. The number of unbranched alkanes of at least 4 members (excludes halogenated alkanes) is 8. The van der Waals surface area contributed by atoms with E-state index in [1.54, 1.807) is 12.2 Å². The summed E-state index contributed by atoms with van der Waals surface area (Å²) in [4.78, 5) is 37.9. The Balaban J connectivity index is 4.62. The zero-order chi connectivity index (χ0) is 50.0. The zero-order valence-corrected chi connectivity index (χ0v) is 43.5. The first-order valence-electron chi connectivity index (χ1n) is 26.6. The Morgan fingerprint density at radius 2 is 0.580 bits per heavy atom. The van der Waals surface area contributed by atoms with Crippen LogP contribution in [-0.2, 0) is 28.6 Å². The van der Waals surface area contributed by atoms with Gasteiger partial charge in [-0.25, -0.2) is 0 Å². The Kier molecular flexibility index (Phi) is 51.2. The molecule has 6 nitrogen and oxygen atoms in total. The minimum Gasteiger partial charge on any atom is -0.462 e. The summed E-state index contributed by atoms with van der Waals surface area (Å²) in [5.74, 6) is -1.25. The second kappa shape index (κ2) is 55.4. The lowest BCUT2D eigenvalue weighted by molar-refractivity contribution is -0.166. The quantitative estimate of drug-likeness (QED) is 0.0262. The minimum atomic E-state index is -0.885. The van der Waals surface area contributed by atoms with Crippen molar-refractivity contribution in [3.63, 3.8) is 0 Å². The van der Waals surface area contributed by atoms with Gasteiger partial charge in [0.2, 0.25) is 0 Å². The molecule has 0 radical (unpaired) electrons. The fraction of sp³-hybridized carbons (Fsp3) is 0.508. The van der Waals surface area contributed by atoms with Crippen LogP contribution in [0.3, 0.4) is 0 Å². The van der Waals surface area contributed by atoms with Crippen molar-refractivity contribution in [2.75, 3.05) is 13.2 Å². The molecule has 0 fully saturated rings. The molecule has 0 amide bonds. The van der Waals surface area contributed by atoms with Crippen LogP contribution in [0.25, 0.3) is 0 Å². The minimum absolute atomic E-state index is 0.0667. The number of allylic oxidation sites excluding steroid dienone is 26. The third-order valence-corrected chi connectivity index (χ3v) is 10.3. The van der Waals surface area contributed by atoms with E-state index in [0.717, 1.165) is 103 Å². The first-order chi connectivity index (χ1) is 34.0. The molecule has 0 rings (SSSR count). The summed E-state index contributed by atoms with van der Waals surface area (Å²) in [5.41, 5.74) is 0. The Bertz CT molecular complexity index is 1650. The van der Waals surface area contributed by atoms with Gasteiger partial charge in [0.05, 0.1) is 12.8 Å². The molecule has 0 heterocycles. The van der Waals surface area contributed by atoms with E-state index in [-0.39, 0.29) is 32.0 Å². The van der Waals surface area contributed by atoms with Crippen LogP contribution in [0.2, 0.25) is 0 Å². The van der Waals surface area contributed by atoms with E-state index in [1.807, 2.05) is 12.2 Å². The van der Waals surface area contributed by atoms with Gasteiger partial charge in [0.15, 0.2) is 6.10 Å². The molecular formula is C63H94O6. The van der Waals surface area contributed by atoms with Crippen molar-refractivity contribution in [3.8, 4) is 0 Å². The van der Waals surface area contributed by atoms with Gasteiger partial charge in [-0.2, -0.15) is 0 Å². The van der Waals surface area contributed by atoms with Crippen LogP contribution in [0, 0.1) is 0 Å². The van der Waals surface area contributed by atoms with Crippen molar-refractivity contribution in [2.45, 2.75) is 194 Å². The Labute approximate surface area is 422 Å². The van der Waals surface area contributed by atoms with E-state index in [0.29, 0.717) is 19.3 Å². The molecule has 0 aromatic heterocycles. The second-order valence-corrected chi connectivity index (χ2v) is 16.7. The van der Waals surface area contributed by atoms with Crippen molar-refractivity contribution < 1.29 is 28.6 Å². The topological polar surface area (TPSA) is 78.9 Å². The normalized spacial score (nSPS) is 13.5. The third kappa shape index (κ3) is 53.6. The van der Waals surface area contributed by atoms with E-state index >= 15 is 0 Å². The molecule has 0 aliphatic carbocycles. The largest absolute Gasteiger partial charge is 0.462 e. The van der Waals surface area contributed by atoms with Crippen molar-refractivity contribution in [1.82, 2.24) is 0 Å². The highest BCUT2D eigenvalue weighted by molar-refractivity contribution is 5.72. The highest BCUT2D eigenvalue weighted by Gasteiger charge is 2.19. The SMILES string of the molecule is CC/C=C\C/C=C\C/C=C\C/C=C\C/C=C\CC(=O)OCC(COC(=O)CCCCCCCCCC/C=C\C/C=C\C/C=C\C/C=C\CC)OC(=O)C/C=C\C/C=C\C/C=C\C/C=C\C/C=C\CC. The number of carbonyl (C=O) groups excluding carboxylic acids is 3. The molecule has 0 aromatic rings. The van der Waals surface area contributed by atoms with Crippen LogP contribution in [0.5, 0.6) is 0 Å².